The SMILES string of the molecule is Cc1ccc(NC(=O)CSCC(=O)NCC(C)C)cc1. The van der Waals surface area contributed by atoms with Gasteiger partial charge in [0.25, 0.3) is 0 Å². The van der Waals surface area contributed by atoms with Crippen molar-refractivity contribution in [2.24, 2.45) is 5.92 Å². The fourth-order valence-corrected chi connectivity index (χ4v) is 2.09. The maximum absolute atomic E-state index is 11.7. The normalized spacial score (nSPS) is 10.4. The molecule has 0 heterocycles. The van der Waals surface area contributed by atoms with Crippen LogP contribution in [0.2, 0.25) is 0 Å². The summed E-state index contributed by atoms with van der Waals surface area (Å²) in [5, 5.41) is 5.62. The van der Waals surface area contributed by atoms with E-state index in [-0.39, 0.29) is 17.6 Å². The first-order valence-corrected chi connectivity index (χ1v) is 7.84. The molecule has 1 aromatic carbocycles. The molecular weight excluding hydrogens is 272 g/mol. The van der Waals surface area contributed by atoms with E-state index in [9.17, 15) is 9.59 Å². The molecular formula is C15H22N2O2S. The minimum Gasteiger partial charge on any atom is -0.355 e. The highest BCUT2D eigenvalue weighted by atomic mass is 32.2. The lowest BCUT2D eigenvalue weighted by atomic mass is 10.2. The molecule has 0 atom stereocenters. The van der Waals surface area contributed by atoms with Crippen LogP contribution in [0.15, 0.2) is 24.3 Å². The van der Waals surface area contributed by atoms with Crippen LogP contribution in [0.4, 0.5) is 5.69 Å². The molecule has 0 aromatic heterocycles. The van der Waals surface area contributed by atoms with Gasteiger partial charge in [-0.05, 0) is 25.0 Å². The average Bonchev–Trinajstić information content (AvgIpc) is 2.39. The lowest BCUT2D eigenvalue weighted by Gasteiger charge is -2.08. The molecule has 1 rings (SSSR count). The largest absolute Gasteiger partial charge is 0.355 e. The number of aryl methyl sites for hydroxylation is 1. The molecule has 0 radical (unpaired) electrons. The highest BCUT2D eigenvalue weighted by molar-refractivity contribution is 8.00. The molecule has 0 spiro atoms. The van der Waals surface area contributed by atoms with Crippen molar-refractivity contribution in [3.8, 4) is 0 Å². The summed E-state index contributed by atoms with van der Waals surface area (Å²) in [5.74, 6) is 0.924. The minimum absolute atomic E-state index is 0.0214. The van der Waals surface area contributed by atoms with E-state index in [4.69, 9.17) is 0 Å². The lowest BCUT2D eigenvalue weighted by Crippen LogP contribution is -2.29. The molecule has 0 aliphatic heterocycles. The van der Waals surface area contributed by atoms with Gasteiger partial charge in [0.15, 0.2) is 0 Å². The van der Waals surface area contributed by atoms with E-state index in [0.29, 0.717) is 18.2 Å². The molecule has 0 saturated carbocycles. The Balaban J connectivity index is 2.20. The molecule has 0 unspecified atom stereocenters. The predicted octanol–water partition coefficient (Wildman–Crippen LogP) is 2.44. The summed E-state index contributed by atoms with van der Waals surface area (Å²) >= 11 is 1.32. The third kappa shape index (κ3) is 7.19. The Morgan fingerprint density at radius 3 is 2.30 bits per heavy atom. The third-order valence-corrected chi connectivity index (χ3v) is 3.44. The highest BCUT2D eigenvalue weighted by Crippen LogP contribution is 2.09. The molecule has 1 aromatic rings. The number of carbonyl (C=O) groups is 2. The Kier molecular flexibility index (Phi) is 7.15. The van der Waals surface area contributed by atoms with E-state index < -0.39 is 0 Å². The second-order valence-electron chi connectivity index (χ2n) is 5.10. The number of carbonyl (C=O) groups excluding carboxylic acids is 2. The van der Waals surface area contributed by atoms with Crippen molar-refractivity contribution in [1.82, 2.24) is 5.32 Å². The van der Waals surface area contributed by atoms with Gasteiger partial charge in [-0.1, -0.05) is 31.5 Å². The maximum atomic E-state index is 11.7. The summed E-state index contributed by atoms with van der Waals surface area (Å²) in [6.07, 6.45) is 0. The number of benzene rings is 1. The van der Waals surface area contributed by atoms with Crippen LogP contribution in [0.5, 0.6) is 0 Å². The van der Waals surface area contributed by atoms with Crippen LogP contribution in [0, 0.1) is 12.8 Å². The first-order chi connectivity index (χ1) is 9.47. The highest BCUT2D eigenvalue weighted by Gasteiger charge is 2.06. The Labute approximate surface area is 124 Å². The standard InChI is InChI=1S/C15H22N2O2S/c1-11(2)8-16-14(18)9-20-10-15(19)17-13-6-4-12(3)5-7-13/h4-7,11H,8-10H2,1-3H3,(H,16,18)(H,17,19). The molecule has 2 N–H and O–H groups in total. The molecule has 0 aliphatic carbocycles. The van der Waals surface area contributed by atoms with Gasteiger partial charge in [0.1, 0.15) is 0 Å². The number of anilines is 1. The molecule has 20 heavy (non-hydrogen) atoms. The summed E-state index contributed by atoms with van der Waals surface area (Å²) in [6.45, 7) is 6.76. The molecule has 110 valence electrons. The first kappa shape index (κ1) is 16.6. The molecule has 2 amide bonds. The Morgan fingerprint density at radius 2 is 1.70 bits per heavy atom. The molecule has 0 fully saturated rings. The summed E-state index contributed by atoms with van der Waals surface area (Å²) in [6, 6.07) is 7.63. The maximum Gasteiger partial charge on any atom is 0.234 e. The second kappa shape index (κ2) is 8.64. The van der Waals surface area contributed by atoms with Gasteiger partial charge in [0.2, 0.25) is 11.8 Å². The predicted molar refractivity (Wildman–Crippen MR) is 85.0 cm³/mol. The van der Waals surface area contributed by atoms with Crippen LogP contribution in [0.3, 0.4) is 0 Å². The Bertz CT molecular complexity index is 444. The minimum atomic E-state index is -0.0875. The van der Waals surface area contributed by atoms with Gasteiger partial charge in [-0.15, -0.1) is 11.8 Å². The van der Waals surface area contributed by atoms with Crippen LogP contribution in [0.1, 0.15) is 19.4 Å². The summed E-state index contributed by atoms with van der Waals surface area (Å²) in [7, 11) is 0. The summed E-state index contributed by atoms with van der Waals surface area (Å²) in [4.78, 5) is 23.1. The molecule has 4 nitrogen and oxygen atoms in total. The van der Waals surface area contributed by atoms with Crippen LogP contribution in [-0.2, 0) is 9.59 Å². The lowest BCUT2D eigenvalue weighted by molar-refractivity contribution is -0.118. The number of nitrogens with one attached hydrogen (secondary N) is 2. The number of rotatable bonds is 7. The van der Waals surface area contributed by atoms with Crippen molar-refractivity contribution >= 4 is 29.3 Å². The van der Waals surface area contributed by atoms with Crippen LogP contribution >= 0.6 is 11.8 Å². The van der Waals surface area contributed by atoms with E-state index in [1.165, 1.54) is 11.8 Å². The van der Waals surface area contributed by atoms with Crippen LogP contribution in [-0.4, -0.2) is 29.9 Å². The molecule has 0 saturated heterocycles. The van der Waals surface area contributed by atoms with E-state index in [2.05, 4.69) is 10.6 Å². The monoisotopic (exact) mass is 294 g/mol. The number of amides is 2. The molecule has 0 aliphatic rings. The van der Waals surface area contributed by atoms with Crippen LogP contribution < -0.4 is 10.6 Å². The Morgan fingerprint density at radius 1 is 1.10 bits per heavy atom. The van der Waals surface area contributed by atoms with Crippen molar-refractivity contribution in [2.75, 3.05) is 23.4 Å². The molecule has 0 bridgehead atoms. The molecule has 5 heteroatoms. The van der Waals surface area contributed by atoms with E-state index in [1.54, 1.807) is 0 Å². The van der Waals surface area contributed by atoms with E-state index in [1.807, 2.05) is 45.0 Å². The number of hydrogen-bond acceptors (Lipinski definition) is 3. The summed E-state index contributed by atoms with van der Waals surface area (Å²) in [5.41, 5.74) is 1.93. The van der Waals surface area contributed by atoms with Gasteiger partial charge in [0.05, 0.1) is 11.5 Å². The zero-order valence-electron chi connectivity index (χ0n) is 12.2. The van der Waals surface area contributed by atoms with E-state index in [0.717, 1.165) is 11.3 Å². The second-order valence-corrected chi connectivity index (χ2v) is 6.09. The fraction of sp³-hybridized carbons (Fsp3) is 0.467. The zero-order valence-corrected chi connectivity index (χ0v) is 13.0. The quantitative estimate of drug-likeness (QED) is 0.812. The first-order valence-electron chi connectivity index (χ1n) is 6.68. The third-order valence-electron chi connectivity index (χ3n) is 2.51. The van der Waals surface area contributed by atoms with Crippen molar-refractivity contribution in [3.63, 3.8) is 0 Å². The van der Waals surface area contributed by atoms with Crippen molar-refractivity contribution in [3.05, 3.63) is 29.8 Å². The van der Waals surface area contributed by atoms with Crippen LogP contribution in [0.25, 0.3) is 0 Å². The van der Waals surface area contributed by atoms with Gasteiger partial charge in [-0.2, -0.15) is 0 Å². The zero-order chi connectivity index (χ0) is 15.0. The smallest absolute Gasteiger partial charge is 0.234 e. The number of hydrogen-bond donors (Lipinski definition) is 2. The number of thioether (sulfide) groups is 1. The fourth-order valence-electron chi connectivity index (χ4n) is 1.44. The summed E-state index contributed by atoms with van der Waals surface area (Å²) < 4.78 is 0. The topological polar surface area (TPSA) is 58.2 Å². The van der Waals surface area contributed by atoms with E-state index >= 15 is 0 Å². The van der Waals surface area contributed by atoms with Crippen molar-refractivity contribution < 1.29 is 9.59 Å². The van der Waals surface area contributed by atoms with Gasteiger partial charge in [0, 0.05) is 12.2 Å². The van der Waals surface area contributed by atoms with Gasteiger partial charge in [-0.25, -0.2) is 0 Å². The van der Waals surface area contributed by atoms with Gasteiger partial charge >= 0.3 is 0 Å². The van der Waals surface area contributed by atoms with Crippen molar-refractivity contribution in [2.45, 2.75) is 20.8 Å². The van der Waals surface area contributed by atoms with Gasteiger partial charge in [-0.3, -0.25) is 9.59 Å². The Hall–Kier alpha value is -1.49. The van der Waals surface area contributed by atoms with Gasteiger partial charge < -0.3 is 10.6 Å². The van der Waals surface area contributed by atoms with Crippen molar-refractivity contribution in [1.29, 1.82) is 0 Å². The average molecular weight is 294 g/mol.